The molecule has 0 saturated carbocycles. The minimum Gasteiger partial charge on any atom is -0.480 e. The number of alkyl halides is 3. The number of nitrogens with zero attached hydrogens (tertiary/aromatic N) is 3. The summed E-state index contributed by atoms with van der Waals surface area (Å²) in [5, 5.41) is 10.5. The Morgan fingerprint density at radius 3 is 2.87 bits per heavy atom. The number of ether oxygens (including phenoxy) is 1. The second-order valence-corrected chi connectivity index (χ2v) is 8.14. The van der Waals surface area contributed by atoms with Gasteiger partial charge in [0.05, 0.1) is 29.1 Å². The van der Waals surface area contributed by atoms with Crippen molar-refractivity contribution in [2.75, 3.05) is 13.1 Å². The van der Waals surface area contributed by atoms with Crippen LogP contribution in [0, 0.1) is 16.7 Å². The summed E-state index contributed by atoms with van der Waals surface area (Å²) < 4.78 is 45.5. The van der Waals surface area contributed by atoms with Crippen LogP contribution in [0.1, 0.15) is 25.0 Å². The number of halogens is 3. The number of hydroxylamine groups is 3. The van der Waals surface area contributed by atoms with E-state index in [0.717, 1.165) is 23.4 Å². The summed E-state index contributed by atoms with van der Waals surface area (Å²) >= 11 is 0. The van der Waals surface area contributed by atoms with Crippen molar-refractivity contribution in [3.05, 3.63) is 65.1 Å². The van der Waals surface area contributed by atoms with Crippen LogP contribution in [0.15, 0.2) is 54.0 Å². The molecular formula is C21H19F3N4O3. The molecule has 1 saturated heterocycles. The van der Waals surface area contributed by atoms with Gasteiger partial charge in [0.25, 0.3) is 5.91 Å². The molecule has 31 heavy (non-hydrogen) atoms. The van der Waals surface area contributed by atoms with Gasteiger partial charge in [0.15, 0.2) is 6.10 Å². The lowest BCUT2D eigenvalue weighted by Crippen LogP contribution is -2.37. The molecule has 1 aromatic carbocycles. The number of likely N-dealkylation sites (tertiary alicyclic amines) is 1. The van der Waals surface area contributed by atoms with Crippen molar-refractivity contribution < 1.29 is 27.6 Å². The van der Waals surface area contributed by atoms with Gasteiger partial charge in [-0.3, -0.25) is 4.79 Å². The van der Waals surface area contributed by atoms with Crippen LogP contribution in [-0.2, 0) is 15.9 Å². The second-order valence-electron chi connectivity index (χ2n) is 8.14. The second kappa shape index (κ2) is 7.35. The molecule has 0 aliphatic carbocycles. The lowest BCUT2D eigenvalue weighted by molar-refractivity contribution is -0.138. The highest BCUT2D eigenvalue weighted by atomic mass is 19.4. The number of carbonyl (C=O) groups is 1. The van der Waals surface area contributed by atoms with Crippen LogP contribution in [0.25, 0.3) is 0 Å². The molecule has 0 aromatic heterocycles. The monoisotopic (exact) mass is 432 g/mol. The van der Waals surface area contributed by atoms with Gasteiger partial charge in [0.2, 0.25) is 0 Å². The van der Waals surface area contributed by atoms with E-state index in [-0.39, 0.29) is 11.7 Å². The average Bonchev–Trinajstić information content (AvgIpc) is 3.25. The Morgan fingerprint density at radius 1 is 1.39 bits per heavy atom. The first kappa shape index (κ1) is 20.8. The zero-order valence-electron chi connectivity index (χ0n) is 16.7. The molecule has 10 heteroatoms. The molecule has 1 aromatic rings. The van der Waals surface area contributed by atoms with Crippen LogP contribution in [0.2, 0.25) is 0 Å². The topological polar surface area (TPSA) is 77.8 Å². The zero-order valence-corrected chi connectivity index (χ0v) is 16.7. The van der Waals surface area contributed by atoms with Crippen LogP contribution in [0.4, 0.5) is 13.2 Å². The fraction of sp³-hybridized carbons (Fsp3) is 0.333. The quantitative estimate of drug-likeness (QED) is 0.787. The van der Waals surface area contributed by atoms with Gasteiger partial charge in [-0.25, -0.2) is 10.5 Å². The predicted molar refractivity (Wildman–Crippen MR) is 102 cm³/mol. The Labute approximate surface area is 176 Å². The van der Waals surface area contributed by atoms with E-state index < -0.39 is 28.8 Å². The van der Waals surface area contributed by atoms with Crippen molar-refractivity contribution in [1.29, 1.82) is 5.26 Å². The van der Waals surface area contributed by atoms with Gasteiger partial charge in [0, 0.05) is 24.7 Å². The third-order valence-electron chi connectivity index (χ3n) is 5.26. The minimum absolute atomic E-state index is 0.105. The molecule has 0 spiro atoms. The van der Waals surface area contributed by atoms with Crippen LogP contribution >= 0.6 is 0 Å². The third-order valence-corrected chi connectivity index (χ3v) is 5.26. The maximum Gasteiger partial charge on any atom is 0.417 e. The average molecular weight is 432 g/mol. The van der Waals surface area contributed by atoms with Crippen molar-refractivity contribution in [2.45, 2.75) is 26.1 Å². The summed E-state index contributed by atoms with van der Waals surface area (Å²) in [6, 6.07) is 4.63. The SMILES string of the molecule is CC1(C)CN(CC2=CC3=CNON3C=C2)C(=O)C1Oc1ccc(C#N)c(C(F)(F)F)c1. The number of nitrogens with one attached hydrogen (secondary N) is 1. The summed E-state index contributed by atoms with van der Waals surface area (Å²) in [6.45, 7) is 4.36. The van der Waals surface area contributed by atoms with Crippen molar-refractivity contribution in [2.24, 2.45) is 5.41 Å². The van der Waals surface area contributed by atoms with E-state index >= 15 is 0 Å². The number of rotatable bonds is 4. The molecule has 1 fully saturated rings. The van der Waals surface area contributed by atoms with Gasteiger partial charge in [-0.2, -0.15) is 23.4 Å². The van der Waals surface area contributed by atoms with E-state index in [1.54, 1.807) is 17.3 Å². The van der Waals surface area contributed by atoms with Crippen LogP contribution in [0.3, 0.4) is 0 Å². The van der Waals surface area contributed by atoms with Gasteiger partial charge in [-0.05, 0) is 35.9 Å². The number of hydrogen-bond donors (Lipinski definition) is 1. The van der Waals surface area contributed by atoms with Crippen molar-refractivity contribution in [1.82, 2.24) is 15.4 Å². The number of hydrogen-bond acceptors (Lipinski definition) is 6. The first-order valence-electron chi connectivity index (χ1n) is 9.46. The van der Waals surface area contributed by atoms with Gasteiger partial charge >= 0.3 is 6.18 Å². The Hall–Kier alpha value is -3.45. The van der Waals surface area contributed by atoms with Crippen molar-refractivity contribution >= 4 is 5.91 Å². The van der Waals surface area contributed by atoms with Gasteiger partial charge in [-0.1, -0.05) is 13.8 Å². The lowest BCUT2D eigenvalue weighted by Gasteiger charge is -2.25. The largest absolute Gasteiger partial charge is 0.480 e. The Balaban J connectivity index is 1.53. The first-order valence-corrected chi connectivity index (χ1v) is 9.46. The maximum atomic E-state index is 13.3. The van der Waals surface area contributed by atoms with E-state index in [4.69, 9.17) is 14.9 Å². The maximum absolute atomic E-state index is 13.3. The molecule has 7 nitrogen and oxygen atoms in total. The van der Waals surface area contributed by atoms with E-state index in [9.17, 15) is 18.0 Å². The standard InChI is InChI=1S/C21H19F3N4O3/c1-20(2)12-27(11-13-5-6-28-15(7-13)10-26-31-28)19(29)18(20)30-16-4-3-14(9-25)17(8-16)21(22,23)24/h3-8,10,18,26H,11-12H2,1-2H3. The summed E-state index contributed by atoms with van der Waals surface area (Å²) in [4.78, 5) is 19.8. The van der Waals surface area contributed by atoms with E-state index in [2.05, 4.69) is 5.48 Å². The molecule has 3 heterocycles. The fourth-order valence-electron chi connectivity index (χ4n) is 3.76. The Morgan fingerprint density at radius 2 is 2.16 bits per heavy atom. The molecular weight excluding hydrogens is 413 g/mol. The number of benzene rings is 1. The number of nitriles is 1. The van der Waals surface area contributed by atoms with Crippen molar-refractivity contribution in [3.63, 3.8) is 0 Å². The first-order chi connectivity index (χ1) is 14.6. The van der Waals surface area contributed by atoms with E-state index in [1.807, 2.05) is 26.0 Å². The Bertz CT molecular complexity index is 1050. The third kappa shape index (κ3) is 3.96. The van der Waals surface area contributed by atoms with Gasteiger partial charge in [-0.15, -0.1) is 0 Å². The van der Waals surface area contributed by atoms with Crippen LogP contribution < -0.4 is 10.2 Å². The molecule has 0 radical (unpaired) electrons. The highest BCUT2D eigenvalue weighted by Gasteiger charge is 2.48. The van der Waals surface area contributed by atoms with Gasteiger partial charge in [0.1, 0.15) is 5.75 Å². The minimum atomic E-state index is -4.70. The molecule has 1 atom stereocenters. The van der Waals surface area contributed by atoms with Crippen molar-refractivity contribution in [3.8, 4) is 11.8 Å². The molecule has 3 aliphatic rings. The number of allylic oxidation sites excluding steroid dienone is 1. The molecule has 0 bridgehead atoms. The summed E-state index contributed by atoms with van der Waals surface area (Å²) in [6.07, 6.45) is 1.42. The molecule has 1 unspecified atom stereocenters. The fourth-order valence-corrected chi connectivity index (χ4v) is 3.76. The molecule has 162 valence electrons. The summed E-state index contributed by atoms with van der Waals surface area (Å²) in [5.41, 5.74) is 2.07. The highest BCUT2D eigenvalue weighted by Crippen LogP contribution is 2.38. The highest BCUT2D eigenvalue weighted by molar-refractivity contribution is 5.85. The number of carbonyl (C=O) groups excluding carboxylic acids is 1. The smallest absolute Gasteiger partial charge is 0.417 e. The number of amides is 1. The summed E-state index contributed by atoms with van der Waals surface area (Å²) in [7, 11) is 0. The molecule has 4 rings (SSSR count). The van der Waals surface area contributed by atoms with E-state index in [0.29, 0.717) is 13.1 Å². The lowest BCUT2D eigenvalue weighted by atomic mass is 9.89. The number of fused-ring (bicyclic) bond motifs is 1. The van der Waals surface area contributed by atoms with E-state index in [1.165, 1.54) is 17.2 Å². The zero-order chi connectivity index (χ0) is 22.4. The normalized spacial score (nSPS) is 21.9. The predicted octanol–water partition coefficient (Wildman–Crippen LogP) is 3.24. The molecule has 1 amide bonds. The Kier molecular flexibility index (Phi) is 4.94. The molecule has 3 aliphatic heterocycles. The van der Waals surface area contributed by atoms with Crippen LogP contribution in [0.5, 0.6) is 5.75 Å². The van der Waals surface area contributed by atoms with Gasteiger partial charge < -0.3 is 9.64 Å². The molecule has 1 N–H and O–H groups in total. The summed E-state index contributed by atoms with van der Waals surface area (Å²) in [5.74, 6) is -0.416. The van der Waals surface area contributed by atoms with Crippen LogP contribution in [-0.4, -0.2) is 35.1 Å².